The van der Waals surface area contributed by atoms with Gasteiger partial charge in [0.15, 0.2) is 6.61 Å². The maximum absolute atomic E-state index is 12.8. The number of carbonyl (C=O) groups excluding carboxylic acids is 2. The lowest BCUT2D eigenvalue weighted by molar-refractivity contribution is -0.135. The number of anilines is 1. The fourth-order valence-electron chi connectivity index (χ4n) is 3.47. The first kappa shape index (κ1) is 22.8. The van der Waals surface area contributed by atoms with Crippen LogP contribution in [0.4, 0.5) is 5.69 Å². The smallest absolute Gasteiger partial charge is 0.338 e. The van der Waals surface area contributed by atoms with E-state index in [4.69, 9.17) is 4.74 Å². The first-order chi connectivity index (χ1) is 14.7. The molecule has 1 aliphatic rings. The van der Waals surface area contributed by atoms with Crippen LogP contribution in [0.15, 0.2) is 47.4 Å². The molecule has 0 aromatic heterocycles. The van der Waals surface area contributed by atoms with Crippen molar-refractivity contribution in [2.75, 3.05) is 24.4 Å². The molecule has 8 heteroatoms. The predicted octanol–water partition coefficient (Wildman–Crippen LogP) is 3.52. The van der Waals surface area contributed by atoms with E-state index in [0.717, 1.165) is 18.4 Å². The van der Waals surface area contributed by atoms with Crippen LogP contribution < -0.4 is 4.72 Å². The monoisotopic (exact) mass is 444 g/mol. The lowest BCUT2D eigenvalue weighted by atomic mass is 9.99. The lowest BCUT2D eigenvalue weighted by Gasteiger charge is -2.30. The van der Waals surface area contributed by atoms with Crippen molar-refractivity contribution in [2.24, 2.45) is 5.92 Å². The van der Waals surface area contributed by atoms with Gasteiger partial charge in [0.2, 0.25) is 0 Å². The molecule has 0 atom stereocenters. The molecule has 1 N–H and O–H groups in total. The molecule has 166 valence electrons. The maximum atomic E-state index is 12.8. The molecule has 0 spiro atoms. The molecule has 2 aromatic carbocycles. The number of amides is 1. The standard InChI is InChI=1S/C23H28N2O5S/c1-16-9-11-25(12-10-16)22(26)15-30-23(27)21-14-20(8-7-18(21)3)31(28,29)24-19-6-4-5-17(2)13-19/h4-8,13-14,16,24H,9-12,15H2,1-3H3. The summed E-state index contributed by atoms with van der Waals surface area (Å²) in [5.41, 5.74) is 2.04. The van der Waals surface area contributed by atoms with E-state index in [1.165, 1.54) is 12.1 Å². The van der Waals surface area contributed by atoms with Gasteiger partial charge in [-0.05, 0) is 68.0 Å². The lowest BCUT2D eigenvalue weighted by Crippen LogP contribution is -2.40. The van der Waals surface area contributed by atoms with Crippen molar-refractivity contribution in [3.8, 4) is 0 Å². The maximum Gasteiger partial charge on any atom is 0.338 e. The molecule has 1 heterocycles. The van der Waals surface area contributed by atoms with Crippen LogP contribution in [0, 0.1) is 19.8 Å². The van der Waals surface area contributed by atoms with Gasteiger partial charge < -0.3 is 9.64 Å². The SMILES string of the molecule is Cc1cccc(NS(=O)(=O)c2ccc(C)c(C(=O)OCC(=O)N3CCC(C)CC3)c2)c1. The van der Waals surface area contributed by atoms with Crippen LogP contribution in [0.3, 0.4) is 0 Å². The molecular formula is C23H28N2O5S. The fourth-order valence-corrected chi connectivity index (χ4v) is 4.54. The number of ether oxygens (including phenoxy) is 1. The average molecular weight is 445 g/mol. The topological polar surface area (TPSA) is 92.8 Å². The predicted molar refractivity (Wildman–Crippen MR) is 118 cm³/mol. The highest BCUT2D eigenvalue weighted by Crippen LogP contribution is 2.21. The Labute approximate surface area is 183 Å². The number of hydrogen-bond donors (Lipinski definition) is 1. The quantitative estimate of drug-likeness (QED) is 0.688. The molecule has 31 heavy (non-hydrogen) atoms. The second kappa shape index (κ2) is 9.51. The highest BCUT2D eigenvalue weighted by molar-refractivity contribution is 7.92. The van der Waals surface area contributed by atoms with Crippen molar-refractivity contribution in [1.82, 2.24) is 4.90 Å². The Hall–Kier alpha value is -2.87. The molecule has 0 radical (unpaired) electrons. The molecule has 1 aliphatic heterocycles. The Balaban J connectivity index is 1.69. The van der Waals surface area contributed by atoms with E-state index < -0.39 is 16.0 Å². The van der Waals surface area contributed by atoms with Gasteiger partial charge in [-0.25, -0.2) is 13.2 Å². The number of piperidine rings is 1. The minimum Gasteiger partial charge on any atom is -0.452 e. The van der Waals surface area contributed by atoms with Gasteiger partial charge in [-0.2, -0.15) is 0 Å². The summed E-state index contributed by atoms with van der Waals surface area (Å²) >= 11 is 0. The normalized spacial score (nSPS) is 14.9. The third kappa shape index (κ3) is 5.85. The number of hydrogen-bond acceptors (Lipinski definition) is 5. The number of likely N-dealkylation sites (tertiary alicyclic amines) is 1. The van der Waals surface area contributed by atoms with Gasteiger partial charge in [-0.3, -0.25) is 9.52 Å². The fraction of sp³-hybridized carbons (Fsp3) is 0.391. The summed E-state index contributed by atoms with van der Waals surface area (Å²) < 4.78 is 33.3. The third-order valence-corrected chi connectivity index (χ3v) is 6.85. The third-order valence-electron chi connectivity index (χ3n) is 5.47. The van der Waals surface area contributed by atoms with Gasteiger partial charge in [-0.1, -0.05) is 25.1 Å². The van der Waals surface area contributed by atoms with E-state index in [2.05, 4.69) is 11.6 Å². The largest absolute Gasteiger partial charge is 0.452 e. The van der Waals surface area contributed by atoms with Gasteiger partial charge in [0.25, 0.3) is 15.9 Å². The first-order valence-corrected chi connectivity index (χ1v) is 11.8. The van der Waals surface area contributed by atoms with Crippen LogP contribution in [0.2, 0.25) is 0 Å². The average Bonchev–Trinajstić information content (AvgIpc) is 2.72. The molecule has 0 bridgehead atoms. The van der Waals surface area contributed by atoms with E-state index in [0.29, 0.717) is 30.3 Å². The van der Waals surface area contributed by atoms with Crippen LogP contribution in [0.1, 0.15) is 41.3 Å². The van der Waals surface area contributed by atoms with Crippen LogP contribution in [0.25, 0.3) is 0 Å². The molecule has 3 rings (SSSR count). The molecule has 0 unspecified atom stereocenters. The van der Waals surface area contributed by atoms with Crippen LogP contribution in [-0.2, 0) is 19.6 Å². The van der Waals surface area contributed by atoms with Crippen molar-refractivity contribution in [3.05, 3.63) is 59.2 Å². The Kier molecular flexibility index (Phi) is 7.00. The summed E-state index contributed by atoms with van der Waals surface area (Å²) in [4.78, 5) is 26.6. The summed E-state index contributed by atoms with van der Waals surface area (Å²) in [5.74, 6) is -0.362. The van der Waals surface area contributed by atoms with Crippen molar-refractivity contribution >= 4 is 27.6 Å². The number of carbonyl (C=O) groups is 2. The second-order valence-electron chi connectivity index (χ2n) is 8.09. The molecule has 0 aliphatic carbocycles. The molecule has 1 saturated heterocycles. The number of benzene rings is 2. The van der Waals surface area contributed by atoms with E-state index in [1.54, 1.807) is 36.1 Å². The molecular weight excluding hydrogens is 416 g/mol. The highest BCUT2D eigenvalue weighted by atomic mass is 32.2. The number of esters is 1. The van der Waals surface area contributed by atoms with Crippen molar-refractivity contribution in [3.63, 3.8) is 0 Å². The molecule has 1 amide bonds. The first-order valence-electron chi connectivity index (χ1n) is 10.3. The van der Waals surface area contributed by atoms with Gasteiger partial charge in [0.1, 0.15) is 0 Å². The van der Waals surface area contributed by atoms with E-state index in [9.17, 15) is 18.0 Å². The van der Waals surface area contributed by atoms with Crippen molar-refractivity contribution < 1.29 is 22.7 Å². The van der Waals surface area contributed by atoms with Gasteiger partial charge in [0, 0.05) is 18.8 Å². The zero-order valence-electron chi connectivity index (χ0n) is 18.1. The number of nitrogens with one attached hydrogen (secondary N) is 1. The van der Waals surface area contributed by atoms with Gasteiger partial charge in [-0.15, -0.1) is 0 Å². The van der Waals surface area contributed by atoms with Crippen molar-refractivity contribution in [2.45, 2.75) is 38.5 Å². The van der Waals surface area contributed by atoms with Gasteiger partial charge in [0.05, 0.1) is 10.5 Å². The molecule has 1 fully saturated rings. The number of rotatable bonds is 6. The summed E-state index contributed by atoms with van der Waals surface area (Å²) in [7, 11) is -3.89. The van der Waals surface area contributed by atoms with E-state index >= 15 is 0 Å². The van der Waals surface area contributed by atoms with Crippen LogP contribution in [0.5, 0.6) is 0 Å². The summed E-state index contributed by atoms with van der Waals surface area (Å²) in [5, 5.41) is 0. The number of aryl methyl sites for hydroxylation is 2. The number of nitrogens with zero attached hydrogens (tertiary/aromatic N) is 1. The zero-order valence-corrected chi connectivity index (χ0v) is 18.9. The minimum atomic E-state index is -3.89. The summed E-state index contributed by atoms with van der Waals surface area (Å²) in [6.45, 7) is 6.67. The highest BCUT2D eigenvalue weighted by Gasteiger charge is 2.23. The van der Waals surface area contributed by atoms with E-state index in [1.807, 2.05) is 13.0 Å². The van der Waals surface area contributed by atoms with Crippen LogP contribution in [-0.4, -0.2) is 44.9 Å². The van der Waals surface area contributed by atoms with E-state index in [-0.39, 0.29) is 23.0 Å². The summed E-state index contributed by atoms with van der Waals surface area (Å²) in [6.07, 6.45) is 1.87. The molecule has 0 saturated carbocycles. The second-order valence-corrected chi connectivity index (χ2v) is 9.77. The van der Waals surface area contributed by atoms with Gasteiger partial charge >= 0.3 is 5.97 Å². The van der Waals surface area contributed by atoms with Crippen molar-refractivity contribution in [1.29, 1.82) is 0 Å². The number of sulfonamides is 1. The summed E-state index contributed by atoms with van der Waals surface area (Å²) in [6, 6.07) is 11.3. The zero-order chi connectivity index (χ0) is 22.6. The molecule has 2 aromatic rings. The Bertz CT molecular complexity index is 1070. The Morgan fingerprint density at radius 3 is 2.48 bits per heavy atom. The Morgan fingerprint density at radius 2 is 1.81 bits per heavy atom. The molecule has 7 nitrogen and oxygen atoms in total. The minimum absolute atomic E-state index is 0.0529. The van der Waals surface area contributed by atoms with Crippen LogP contribution >= 0.6 is 0 Å². The Morgan fingerprint density at radius 1 is 1.10 bits per heavy atom.